The van der Waals surface area contributed by atoms with Crippen LogP contribution in [-0.4, -0.2) is 32.5 Å². The van der Waals surface area contributed by atoms with Gasteiger partial charge in [0.05, 0.1) is 5.69 Å². The number of H-pyrrole nitrogens is 1. The van der Waals surface area contributed by atoms with Crippen molar-refractivity contribution in [3.8, 4) is 0 Å². The van der Waals surface area contributed by atoms with Crippen molar-refractivity contribution in [1.29, 1.82) is 0 Å². The number of anilines is 2. The summed E-state index contributed by atoms with van der Waals surface area (Å²) in [6, 6.07) is 4.35. The summed E-state index contributed by atoms with van der Waals surface area (Å²) in [4.78, 5) is 19.6. The topological polar surface area (TPSA) is 95.2 Å². The van der Waals surface area contributed by atoms with Crippen molar-refractivity contribution in [1.82, 2.24) is 9.97 Å². The highest BCUT2D eigenvalue weighted by Crippen LogP contribution is 2.22. The van der Waals surface area contributed by atoms with Crippen LogP contribution in [-0.2, 0) is 10.0 Å². The molecular weight excluding hydrogens is 280 g/mol. The lowest BCUT2D eigenvalue weighted by Gasteiger charge is -2.16. The highest BCUT2D eigenvalue weighted by molar-refractivity contribution is 7.92. The summed E-state index contributed by atoms with van der Waals surface area (Å²) in [5.41, 5.74) is -0.271. The van der Waals surface area contributed by atoms with Gasteiger partial charge in [0.15, 0.2) is 10.7 Å². The number of hydrogen-bond acceptors (Lipinski definition) is 5. The van der Waals surface area contributed by atoms with E-state index in [1.54, 1.807) is 37.3 Å². The lowest BCUT2D eigenvalue weighted by Crippen LogP contribution is -2.22. The Morgan fingerprint density at radius 2 is 2.05 bits per heavy atom. The van der Waals surface area contributed by atoms with Gasteiger partial charge in [-0.05, 0) is 12.1 Å². The number of nitrogens with one attached hydrogen (secondary N) is 2. The number of aromatic amines is 1. The van der Waals surface area contributed by atoms with Crippen LogP contribution in [0.4, 0.5) is 11.5 Å². The lowest BCUT2D eigenvalue weighted by molar-refractivity contribution is 0.600. The van der Waals surface area contributed by atoms with Crippen LogP contribution in [0.3, 0.4) is 0 Å². The van der Waals surface area contributed by atoms with Gasteiger partial charge in [-0.2, -0.15) is 0 Å². The third-order valence-corrected chi connectivity index (χ3v) is 3.92. The summed E-state index contributed by atoms with van der Waals surface area (Å²) in [6.07, 6.45) is 4.08. The number of nitrogens with zero attached hydrogens (tertiary/aromatic N) is 2. The number of pyridine rings is 2. The Morgan fingerprint density at radius 1 is 1.30 bits per heavy atom. The maximum absolute atomic E-state index is 12.2. The zero-order valence-corrected chi connectivity index (χ0v) is 11.8. The molecule has 8 heteroatoms. The summed E-state index contributed by atoms with van der Waals surface area (Å²) >= 11 is 0. The van der Waals surface area contributed by atoms with Gasteiger partial charge in [-0.1, -0.05) is 0 Å². The molecule has 7 nitrogen and oxygen atoms in total. The van der Waals surface area contributed by atoms with Crippen molar-refractivity contribution in [3.05, 3.63) is 47.0 Å². The van der Waals surface area contributed by atoms with E-state index in [2.05, 4.69) is 14.7 Å². The molecule has 20 heavy (non-hydrogen) atoms. The highest BCUT2D eigenvalue weighted by atomic mass is 32.2. The van der Waals surface area contributed by atoms with E-state index in [9.17, 15) is 13.2 Å². The minimum absolute atomic E-state index is 0.306. The molecule has 0 bridgehead atoms. The minimum Gasteiger partial charge on any atom is -0.366 e. The first-order valence-corrected chi connectivity index (χ1v) is 7.22. The smallest absolute Gasteiger partial charge is 0.267 e. The number of rotatable bonds is 4. The third kappa shape index (κ3) is 2.80. The van der Waals surface area contributed by atoms with E-state index < -0.39 is 15.5 Å². The molecule has 2 aromatic rings. The fourth-order valence-electron chi connectivity index (χ4n) is 1.64. The van der Waals surface area contributed by atoms with Crippen molar-refractivity contribution in [2.45, 2.75) is 4.90 Å². The van der Waals surface area contributed by atoms with Gasteiger partial charge in [0.2, 0.25) is 5.43 Å². The average molecular weight is 294 g/mol. The molecule has 2 N–H and O–H groups in total. The van der Waals surface area contributed by atoms with Crippen LogP contribution in [0.25, 0.3) is 0 Å². The van der Waals surface area contributed by atoms with Crippen molar-refractivity contribution >= 4 is 21.5 Å². The Labute approximate surface area is 116 Å². The van der Waals surface area contributed by atoms with E-state index in [1.807, 2.05) is 0 Å². The van der Waals surface area contributed by atoms with E-state index in [0.717, 1.165) is 12.3 Å². The van der Waals surface area contributed by atoms with Crippen LogP contribution in [0.5, 0.6) is 0 Å². The molecule has 0 amide bonds. The molecular formula is C12H14N4O3S. The van der Waals surface area contributed by atoms with Crippen molar-refractivity contribution < 1.29 is 8.42 Å². The van der Waals surface area contributed by atoms with E-state index in [0.29, 0.717) is 11.5 Å². The predicted octanol–water partition coefficient (Wildman–Crippen LogP) is 0.637. The Morgan fingerprint density at radius 3 is 2.70 bits per heavy atom. The summed E-state index contributed by atoms with van der Waals surface area (Å²) in [7, 11) is -0.469. The van der Waals surface area contributed by atoms with E-state index in [-0.39, 0.29) is 4.90 Å². The molecule has 0 unspecified atom stereocenters. The fraction of sp³-hybridized carbons (Fsp3) is 0.167. The number of hydrogen-bond donors (Lipinski definition) is 2. The van der Waals surface area contributed by atoms with Crippen molar-refractivity contribution in [2.75, 3.05) is 23.7 Å². The summed E-state index contributed by atoms with van der Waals surface area (Å²) < 4.78 is 26.8. The van der Waals surface area contributed by atoms with Gasteiger partial charge in [0.1, 0.15) is 0 Å². The summed E-state index contributed by atoms with van der Waals surface area (Å²) in [6.45, 7) is 0. The maximum Gasteiger partial charge on any atom is 0.267 e. The summed E-state index contributed by atoms with van der Waals surface area (Å²) in [5.74, 6) is 0.462. The van der Waals surface area contributed by atoms with Crippen molar-refractivity contribution in [2.24, 2.45) is 0 Å². The molecule has 0 saturated heterocycles. The second kappa shape index (κ2) is 5.33. The zero-order chi connectivity index (χ0) is 14.8. The molecule has 0 saturated carbocycles. The van der Waals surface area contributed by atoms with Gasteiger partial charge in [-0.3, -0.25) is 9.52 Å². The van der Waals surface area contributed by atoms with Crippen LogP contribution in [0.1, 0.15) is 0 Å². The molecule has 0 aliphatic heterocycles. The minimum atomic E-state index is -3.96. The molecule has 2 aromatic heterocycles. The van der Waals surface area contributed by atoms with Gasteiger partial charge in [0.25, 0.3) is 10.0 Å². The van der Waals surface area contributed by atoms with Gasteiger partial charge in [-0.25, -0.2) is 13.4 Å². The van der Waals surface area contributed by atoms with E-state index in [1.165, 1.54) is 6.20 Å². The Hall–Kier alpha value is -2.35. The van der Waals surface area contributed by atoms with Crippen LogP contribution < -0.4 is 15.1 Å². The van der Waals surface area contributed by atoms with Gasteiger partial charge in [0, 0.05) is 38.8 Å². The molecule has 0 atom stereocenters. The second-order valence-corrected chi connectivity index (χ2v) is 5.90. The predicted molar refractivity (Wildman–Crippen MR) is 76.4 cm³/mol. The van der Waals surface area contributed by atoms with E-state index in [4.69, 9.17) is 0 Å². The Kier molecular flexibility index (Phi) is 3.75. The fourth-order valence-corrected chi connectivity index (χ4v) is 2.76. The second-order valence-electron chi connectivity index (χ2n) is 4.25. The quantitative estimate of drug-likeness (QED) is 0.862. The Balaban J connectivity index is 2.45. The molecule has 2 rings (SSSR count). The molecule has 0 aromatic carbocycles. The molecule has 106 valence electrons. The van der Waals surface area contributed by atoms with E-state index >= 15 is 0 Å². The first-order valence-electron chi connectivity index (χ1n) is 5.74. The van der Waals surface area contributed by atoms with Crippen LogP contribution in [0.2, 0.25) is 0 Å². The third-order valence-electron chi connectivity index (χ3n) is 2.53. The Bertz CT molecular complexity index is 768. The van der Waals surface area contributed by atoms with Crippen molar-refractivity contribution in [3.63, 3.8) is 0 Å². The zero-order valence-electron chi connectivity index (χ0n) is 11.0. The van der Waals surface area contributed by atoms with Crippen LogP contribution in [0.15, 0.2) is 46.5 Å². The van der Waals surface area contributed by atoms with Crippen LogP contribution >= 0.6 is 0 Å². The molecule has 0 fully saturated rings. The SMILES string of the molecule is CN(C)c1ncccc1NS(=O)(=O)c1c[nH]ccc1=O. The van der Waals surface area contributed by atoms with Gasteiger partial charge < -0.3 is 9.88 Å². The normalized spacial score (nSPS) is 11.1. The molecule has 0 spiro atoms. The van der Waals surface area contributed by atoms with Gasteiger partial charge in [-0.15, -0.1) is 0 Å². The first-order chi connectivity index (χ1) is 9.42. The number of sulfonamides is 1. The molecule has 0 aliphatic carbocycles. The first kappa shape index (κ1) is 14.1. The standard InChI is InChI=1S/C12H14N4O3S/c1-16(2)12-9(4-3-6-14-12)15-20(18,19)11-8-13-7-5-10(11)17/h3-8,15H,1-2H3,(H,13,17). The molecule has 2 heterocycles. The summed E-state index contributed by atoms with van der Waals surface area (Å²) in [5, 5.41) is 0. The lowest BCUT2D eigenvalue weighted by atomic mass is 10.4. The monoisotopic (exact) mass is 294 g/mol. The molecule has 0 radical (unpaired) electrons. The van der Waals surface area contributed by atoms with Crippen LogP contribution in [0, 0.1) is 0 Å². The average Bonchev–Trinajstić information content (AvgIpc) is 2.39. The largest absolute Gasteiger partial charge is 0.366 e. The molecule has 0 aliphatic rings. The maximum atomic E-state index is 12.2. The van der Waals surface area contributed by atoms with Gasteiger partial charge >= 0.3 is 0 Å². The highest BCUT2D eigenvalue weighted by Gasteiger charge is 2.19. The number of aromatic nitrogens is 2.